The van der Waals surface area contributed by atoms with Gasteiger partial charge in [0.05, 0.1) is 6.61 Å². The lowest BCUT2D eigenvalue weighted by Crippen LogP contribution is -2.04. The minimum absolute atomic E-state index is 0.705. The maximum absolute atomic E-state index is 5.68. The minimum atomic E-state index is 0.705. The second-order valence-electron chi connectivity index (χ2n) is 4.97. The van der Waals surface area contributed by atoms with Gasteiger partial charge in [-0.1, -0.05) is 0 Å². The van der Waals surface area contributed by atoms with Gasteiger partial charge >= 0.3 is 0 Å². The minimum Gasteiger partial charge on any atom is -0.477 e. The lowest BCUT2D eigenvalue weighted by molar-refractivity contribution is 0.288. The number of anilines is 1. The van der Waals surface area contributed by atoms with Gasteiger partial charge in [0.15, 0.2) is 0 Å². The van der Waals surface area contributed by atoms with Gasteiger partial charge < -0.3 is 10.1 Å². The highest BCUT2D eigenvalue weighted by molar-refractivity contribution is 9.10. The molecule has 20 heavy (non-hydrogen) atoms. The molecular weight excluding hydrogens is 318 g/mol. The fourth-order valence-electron chi connectivity index (χ4n) is 1.80. The van der Waals surface area contributed by atoms with Crippen molar-refractivity contribution in [3.63, 3.8) is 0 Å². The first-order valence-electron chi connectivity index (χ1n) is 6.73. The molecule has 104 valence electrons. The zero-order chi connectivity index (χ0) is 13.8. The van der Waals surface area contributed by atoms with Crippen LogP contribution in [0.25, 0.3) is 0 Å². The molecule has 2 aromatic rings. The van der Waals surface area contributed by atoms with Crippen molar-refractivity contribution in [3.05, 3.63) is 46.7 Å². The summed E-state index contributed by atoms with van der Waals surface area (Å²) in [6, 6.07) is 7.87. The zero-order valence-corrected chi connectivity index (χ0v) is 12.6. The Labute approximate surface area is 126 Å². The molecule has 1 aliphatic rings. The molecule has 0 aromatic carbocycles. The Kier molecular flexibility index (Phi) is 4.16. The molecule has 0 atom stereocenters. The van der Waals surface area contributed by atoms with E-state index in [1.54, 1.807) is 12.4 Å². The van der Waals surface area contributed by atoms with Crippen LogP contribution in [0.1, 0.15) is 18.4 Å². The number of ether oxygens (including phenoxy) is 1. The maximum atomic E-state index is 5.68. The monoisotopic (exact) mass is 333 g/mol. The van der Waals surface area contributed by atoms with Gasteiger partial charge in [-0.3, -0.25) is 0 Å². The highest BCUT2D eigenvalue weighted by Crippen LogP contribution is 2.29. The fraction of sp³-hybridized carbons (Fsp3) is 0.333. The van der Waals surface area contributed by atoms with Gasteiger partial charge in [0.25, 0.3) is 0 Å². The SMILES string of the molecule is Brc1ccc(NCc2ccnc(OCC3CC3)c2)nc1. The molecule has 1 fully saturated rings. The van der Waals surface area contributed by atoms with Crippen molar-refractivity contribution in [1.29, 1.82) is 0 Å². The fourth-order valence-corrected chi connectivity index (χ4v) is 2.03. The lowest BCUT2D eigenvalue weighted by Gasteiger charge is -2.08. The first kappa shape index (κ1) is 13.4. The molecule has 0 radical (unpaired) electrons. The van der Waals surface area contributed by atoms with Crippen molar-refractivity contribution in [2.24, 2.45) is 5.92 Å². The molecule has 0 spiro atoms. The third-order valence-electron chi connectivity index (χ3n) is 3.16. The second kappa shape index (κ2) is 6.22. The van der Waals surface area contributed by atoms with E-state index in [1.165, 1.54) is 12.8 Å². The van der Waals surface area contributed by atoms with E-state index in [0.717, 1.165) is 28.4 Å². The number of hydrogen-bond donors (Lipinski definition) is 1. The summed E-state index contributed by atoms with van der Waals surface area (Å²) in [4.78, 5) is 8.51. The summed E-state index contributed by atoms with van der Waals surface area (Å²) in [5, 5.41) is 3.28. The van der Waals surface area contributed by atoms with E-state index in [0.29, 0.717) is 12.4 Å². The van der Waals surface area contributed by atoms with Crippen LogP contribution < -0.4 is 10.1 Å². The molecule has 0 saturated heterocycles. The van der Waals surface area contributed by atoms with E-state index >= 15 is 0 Å². The summed E-state index contributed by atoms with van der Waals surface area (Å²) in [5.41, 5.74) is 1.13. The van der Waals surface area contributed by atoms with Crippen molar-refractivity contribution in [2.75, 3.05) is 11.9 Å². The highest BCUT2D eigenvalue weighted by Gasteiger charge is 2.22. The van der Waals surface area contributed by atoms with Gasteiger partial charge in [-0.05, 0) is 58.5 Å². The number of aromatic nitrogens is 2. The second-order valence-corrected chi connectivity index (χ2v) is 5.89. The summed E-state index contributed by atoms with van der Waals surface area (Å²) in [6.07, 6.45) is 6.14. The summed E-state index contributed by atoms with van der Waals surface area (Å²) >= 11 is 3.37. The van der Waals surface area contributed by atoms with E-state index in [2.05, 4.69) is 31.2 Å². The highest BCUT2D eigenvalue weighted by atomic mass is 79.9. The van der Waals surface area contributed by atoms with Crippen molar-refractivity contribution in [2.45, 2.75) is 19.4 Å². The molecule has 4 nitrogen and oxygen atoms in total. The van der Waals surface area contributed by atoms with Crippen LogP contribution in [0.3, 0.4) is 0 Å². The zero-order valence-electron chi connectivity index (χ0n) is 11.1. The van der Waals surface area contributed by atoms with Gasteiger partial charge in [-0.25, -0.2) is 9.97 Å². The molecule has 1 aliphatic carbocycles. The number of pyridine rings is 2. The Morgan fingerprint density at radius 3 is 2.90 bits per heavy atom. The molecule has 0 bridgehead atoms. The van der Waals surface area contributed by atoms with Crippen LogP contribution in [-0.4, -0.2) is 16.6 Å². The van der Waals surface area contributed by atoms with Crippen LogP contribution in [0.15, 0.2) is 41.1 Å². The van der Waals surface area contributed by atoms with E-state index < -0.39 is 0 Å². The van der Waals surface area contributed by atoms with Gasteiger partial charge in [-0.2, -0.15) is 0 Å². The standard InChI is InChI=1S/C15H16BrN3O/c16-13-3-4-14(19-9-13)18-8-12-5-6-17-15(7-12)20-10-11-1-2-11/h3-7,9,11H,1-2,8,10H2,(H,18,19). The topological polar surface area (TPSA) is 47.0 Å². The van der Waals surface area contributed by atoms with Crippen LogP contribution in [0.5, 0.6) is 5.88 Å². The molecule has 0 amide bonds. The predicted octanol–water partition coefficient (Wildman–Crippen LogP) is 3.64. The van der Waals surface area contributed by atoms with Crippen molar-refractivity contribution in [1.82, 2.24) is 9.97 Å². The molecule has 1 N–H and O–H groups in total. The number of hydrogen-bond acceptors (Lipinski definition) is 4. The Morgan fingerprint density at radius 2 is 2.15 bits per heavy atom. The first-order valence-corrected chi connectivity index (χ1v) is 7.52. The van der Waals surface area contributed by atoms with Crippen LogP contribution >= 0.6 is 15.9 Å². The third-order valence-corrected chi connectivity index (χ3v) is 3.63. The van der Waals surface area contributed by atoms with E-state index in [9.17, 15) is 0 Å². The quantitative estimate of drug-likeness (QED) is 0.876. The Morgan fingerprint density at radius 1 is 1.25 bits per heavy atom. The number of rotatable bonds is 6. The molecule has 0 unspecified atom stereocenters. The molecule has 2 aromatic heterocycles. The van der Waals surface area contributed by atoms with Crippen molar-refractivity contribution in [3.8, 4) is 5.88 Å². The Balaban J connectivity index is 1.56. The first-order chi connectivity index (χ1) is 9.79. The lowest BCUT2D eigenvalue weighted by atomic mass is 10.2. The smallest absolute Gasteiger partial charge is 0.213 e. The predicted molar refractivity (Wildman–Crippen MR) is 81.7 cm³/mol. The Bertz CT molecular complexity index is 570. The molecule has 1 saturated carbocycles. The van der Waals surface area contributed by atoms with Crippen molar-refractivity contribution < 1.29 is 4.74 Å². The summed E-state index contributed by atoms with van der Waals surface area (Å²) in [6.45, 7) is 1.50. The molecule has 2 heterocycles. The van der Waals surface area contributed by atoms with E-state index in [-0.39, 0.29) is 0 Å². The van der Waals surface area contributed by atoms with Gasteiger partial charge in [0.2, 0.25) is 5.88 Å². The van der Waals surface area contributed by atoms with Crippen molar-refractivity contribution >= 4 is 21.7 Å². The van der Waals surface area contributed by atoms with Crippen LogP contribution in [0.2, 0.25) is 0 Å². The van der Waals surface area contributed by atoms with Crippen LogP contribution in [0.4, 0.5) is 5.82 Å². The number of halogens is 1. The maximum Gasteiger partial charge on any atom is 0.213 e. The van der Waals surface area contributed by atoms with Gasteiger partial charge in [0, 0.05) is 29.5 Å². The summed E-state index contributed by atoms with van der Waals surface area (Å²) in [7, 11) is 0. The molecule has 3 rings (SSSR count). The van der Waals surface area contributed by atoms with Crippen LogP contribution in [-0.2, 0) is 6.54 Å². The molecule has 5 heteroatoms. The number of nitrogens with one attached hydrogen (secondary N) is 1. The van der Waals surface area contributed by atoms with Gasteiger partial charge in [-0.15, -0.1) is 0 Å². The van der Waals surface area contributed by atoms with Gasteiger partial charge in [0.1, 0.15) is 5.82 Å². The summed E-state index contributed by atoms with van der Waals surface area (Å²) < 4.78 is 6.65. The largest absolute Gasteiger partial charge is 0.477 e. The molecular formula is C15H16BrN3O. The van der Waals surface area contributed by atoms with E-state index in [1.807, 2.05) is 24.3 Å². The summed E-state index contributed by atoms with van der Waals surface area (Å²) in [5.74, 6) is 2.30. The van der Waals surface area contributed by atoms with E-state index in [4.69, 9.17) is 4.74 Å². The average Bonchev–Trinajstić information content (AvgIpc) is 3.29. The third kappa shape index (κ3) is 3.93. The average molecular weight is 334 g/mol. The Hall–Kier alpha value is -1.62. The van der Waals surface area contributed by atoms with Crippen LogP contribution in [0, 0.1) is 5.92 Å². The number of nitrogens with zero attached hydrogens (tertiary/aromatic N) is 2. The molecule has 0 aliphatic heterocycles. The normalized spacial score (nSPS) is 14.1.